The van der Waals surface area contributed by atoms with Crippen molar-refractivity contribution in [1.82, 2.24) is 4.90 Å². The van der Waals surface area contributed by atoms with Gasteiger partial charge in [0, 0.05) is 18.7 Å². The smallest absolute Gasteiger partial charge is 0.303 e. The number of hydrogen-bond acceptors (Lipinski definition) is 8. The van der Waals surface area contributed by atoms with Crippen LogP contribution in [0.15, 0.2) is 59.5 Å². The molecule has 1 saturated heterocycles. The van der Waals surface area contributed by atoms with E-state index in [2.05, 4.69) is 0 Å². The normalized spacial score (nSPS) is 26.6. The third-order valence-electron chi connectivity index (χ3n) is 5.47. The second-order valence-electron chi connectivity index (χ2n) is 7.81. The number of amides is 2. The lowest BCUT2D eigenvalue weighted by Crippen LogP contribution is -2.65. The van der Waals surface area contributed by atoms with E-state index >= 15 is 0 Å². The van der Waals surface area contributed by atoms with Gasteiger partial charge in [-0.1, -0.05) is 42.1 Å². The van der Waals surface area contributed by atoms with E-state index in [1.165, 1.54) is 25.6 Å². The van der Waals surface area contributed by atoms with Crippen molar-refractivity contribution in [1.29, 1.82) is 0 Å². The van der Waals surface area contributed by atoms with Gasteiger partial charge in [0.1, 0.15) is 11.5 Å². The molecular weight excluding hydrogens is 446 g/mol. The van der Waals surface area contributed by atoms with Gasteiger partial charge in [-0.15, -0.1) is 0 Å². The molecule has 0 aliphatic carbocycles. The average molecular weight is 470 g/mol. The Kier molecular flexibility index (Phi) is 6.53. The Labute approximate surface area is 195 Å². The number of rotatable bonds is 5. The molecule has 33 heavy (non-hydrogen) atoms. The van der Waals surface area contributed by atoms with Gasteiger partial charge in [0.05, 0.1) is 17.2 Å². The molecule has 0 N–H and O–H groups in total. The first-order chi connectivity index (χ1) is 15.8. The van der Waals surface area contributed by atoms with Crippen LogP contribution in [0, 0.1) is 0 Å². The number of imide groups is 1. The molecular formula is C24H23NO7S. The van der Waals surface area contributed by atoms with Gasteiger partial charge in [0.25, 0.3) is 11.8 Å². The average Bonchev–Trinajstić information content (AvgIpc) is 3.02. The molecule has 0 unspecified atom stereocenters. The first kappa shape index (κ1) is 23.0. The molecule has 2 amide bonds. The first-order valence-corrected chi connectivity index (χ1v) is 11.3. The van der Waals surface area contributed by atoms with Gasteiger partial charge in [0.2, 0.25) is 0 Å². The summed E-state index contributed by atoms with van der Waals surface area (Å²) in [7, 11) is 0. The van der Waals surface area contributed by atoms with Crippen LogP contribution in [0.1, 0.15) is 41.5 Å². The summed E-state index contributed by atoms with van der Waals surface area (Å²) in [5.74, 6) is -2.26. The zero-order valence-electron chi connectivity index (χ0n) is 18.3. The lowest BCUT2D eigenvalue weighted by Gasteiger charge is -2.46. The van der Waals surface area contributed by atoms with Crippen LogP contribution in [-0.2, 0) is 23.8 Å². The number of fused-ring (bicyclic) bond motifs is 1. The van der Waals surface area contributed by atoms with E-state index in [9.17, 15) is 19.2 Å². The highest BCUT2D eigenvalue weighted by atomic mass is 32.2. The Bertz CT molecular complexity index is 1050. The number of benzene rings is 2. The number of ether oxygens (including phenoxy) is 3. The molecule has 5 atom stereocenters. The topological polar surface area (TPSA) is 99.2 Å². The highest BCUT2D eigenvalue weighted by Crippen LogP contribution is 2.40. The van der Waals surface area contributed by atoms with Gasteiger partial charge in [0.15, 0.2) is 12.2 Å². The zero-order chi connectivity index (χ0) is 23.7. The van der Waals surface area contributed by atoms with E-state index in [4.69, 9.17) is 14.2 Å². The highest BCUT2D eigenvalue weighted by Gasteiger charge is 2.55. The van der Waals surface area contributed by atoms with Crippen molar-refractivity contribution in [2.75, 3.05) is 0 Å². The Morgan fingerprint density at radius 1 is 0.848 bits per heavy atom. The summed E-state index contributed by atoms with van der Waals surface area (Å²) < 4.78 is 17.2. The molecule has 9 heteroatoms. The Hall–Kier alpha value is -3.17. The van der Waals surface area contributed by atoms with Crippen molar-refractivity contribution in [2.45, 2.75) is 55.5 Å². The van der Waals surface area contributed by atoms with E-state index in [1.54, 1.807) is 31.2 Å². The van der Waals surface area contributed by atoms with Crippen LogP contribution in [0.25, 0.3) is 0 Å². The van der Waals surface area contributed by atoms with Crippen LogP contribution >= 0.6 is 11.8 Å². The van der Waals surface area contributed by atoms with Crippen molar-refractivity contribution < 1.29 is 33.4 Å². The van der Waals surface area contributed by atoms with Gasteiger partial charge in [-0.05, 0) is 31.2 Å². The van der Waals surface area contributed by atoms with Crippen LogP contribution in [0.3, 0.4) is 0 Å². The quantitative estimate of drug-likeness (QED) is 0.487. The minimum atomic E-state index is -1.11. The molecule has 0 radical (unpaired) electrons. The van der Waals surface area contributed by atoms with Gasteiger partial charge in [-0.25, -0.2) is 0 Å². The molecule has 1 fully saturated rings. The number of thioether (sulfide) groups is 1. The van der Waals surface area contributed by atoms with Crippen molar-refractivity contribution in [3.8, 4) is 0 Å². The predicted octanol–water partition coefficient (Wildman–Crippen LogP) is 3.05. The van der Waals surface area contributed by atoms with Crippen LogP contribution in [0.2, 0.25) is 0 Å². The monoisotopic (exact) mass is 469 g/mol. The molecule has 2 aliphatic rings. The minimum absolute atomic E-state index is 0.259. The standard InChI is InChI=1S/C24H23NO7S/c1-13-20(31-14(2)26)21(32-15(3)27)19(24(30-13)33-16-9-5-4-6-10-16)25-22(28)17-11-7-8-12-18(17)23(25)29/h4-13,19-21,24H,1-3H3/t13-,19-,20+,21-,24+/m1/s1. The van der Waals surface area contributed by atoms with Crippen LogP contribution in [-0.4, -0.2) is 58.4 Å². The Morgan fingerprint density at radius 3 is 1.91 bits per heavy atom. The number of esters is 2. The number of carbonyl (C=O) groups excluding carboxylic acids is 4. The summed E-state index contributed by atoms with van der Waals surface area (Å²) in [6.45, 7) is 4.16. The summed E-state index contributed by atoms with van der Waals surface area (Å²) in [5.41, 5.74) is -0.258. The maximum Gasteiger partial charge on any atom is 0.303 e. The largest absolute Gasteiger partial charge is 0.456 e. The molecule has 0 spiro atoms. The maximum atomic E-state index is 13.3. The van der Waals surface area contributed by atoms with E-state index in [0.717, 1.165) is 9.80 Å². The van der Waals surface area contributed by atoms with Gasteiger partial charge in [-0.2, -0.15) is 0 Å². The molecule has 0 aromatic heterocycles. The molecule has 2 heterocycles. The third kappa shape index (κ3) is 4.51. The Balaban J connectivity index is 1.79. The van der Waals surface area contributed by atoms with Crippen LogP contribution in [0.4, 0.5) is 0 Å². The van der Waals surface area contributed by atoms with E-state index in [1.807, 2.05) is 30.3 Å². The van der Waals surface area contributed by atoms with E-state index in [-0.39, 0.29) is 11.1 Å². The second-order valence-corrected chi connectivity index (χ2v) is 8.98. The summed E-state index contributed by atoms with van der Waals surface area (Å²) in [4.78, 5) is 52.5. The van der Waals surface area contributed by atoms with Crippen molar-refractivity contribution >= 4 is 35.5 Å². The van der Waals surface area contributed by atoms with Gasteiger partial charge in [-0.3, -0.25) is 24.1 Å². The SMILES string of the molecule is CC(=O)O[C@@H]1[C@H](OC(C)=O)[C@@H](N2C(=O)c3ccccc3C2=O)[C@H](Sc2ccccc2)O[C@@H]1C. The zero-order valence-corrected chi connectivity index (χ0v) is 19.1. The summed E-state index contributed by atoms with van der Waals surface area (Å²) in [6.07, 6.45) is -2.78. The van der Waals surface area contributed by atoms with Crippen molar-refractivity contribution in [3.05, 3.63) is 65.7 Å². The van der Waals surface area contributed by atoms with Crippen molar-refractivity contribution in [3.63, 3.8) is 0 Å². The summed E-state index contributed by atoms with van der Waals surface area (Å²) in [5, 5.41) is 0. The maximum absolute atomic E-state index is 13.3. The number of carbonyl (C=O) groups is 4. The first-order valence-electron chi connectivity index (χ1n) is 10.5. The summed E-state index contributed by atoms with van der Waals surface area (Å²) >= 11 is 1.30. The summed E-state index contributed by atoms with van der Waals surface area (Å²) in [6, 6.07) is 14.8. The molecule has 8 nitrogen and oxygen atoms in total. The van der Waals surface area contributed by atoms with E-state index < -0.39 is 53.5 Å². The molecule has 4 rings (SSSR count). The number of nitrogens with zero attached hydrogens (tertiary/aromatic N) is 1. The fourth-order valence-corrected chi connectivity index (χ4v) is 5.38. The molecule has 0 bridgehead atoms. The lowest BCUT2D eigenvalue weighted by atomic mass is 9.96. The highest BCUT2D eigenvalue weighted by molar-refractivity contribution is 7.99. The molecule has 2 aromatic carbocycles. The van der Waals surface area contributed by atoms with Gasteiger partial charge < -0.3 is 14.2 Å². The molecule has 2 aromatic rings. The molecule has 2 aliphatic heterocycles. The molecule has 0 saturated carbocycles. The third-order valence-corrected chi connectivity index (χ3v) is 6.64. The predicted molar refractivity (Wildman–Crippen MR) is 118 cm³/mol. The Morgan fingerprint density at radius 2 is 1.36 bits per heavy atom. The van der Waals surface area contributed by atoms with E-state index in [0.29, 0.717) is 0 Å². The molecule has 172 valence electrons. The minimum Gasteiger partial charge on any atom is -0.456 e. The van der Waals surface area contributed by atoms with Gasteiger partial charge >= 0.3 is 11.9 Å². The fourth-order valence-electron chi connectivity index (χ4n) is 4.15. The fraction of sp³-hybridized carbons (Fsp3) is 0.333. The lowest BCUT2D eigenvalue weighted by molar-refractivity contribution is -0.206. The number of hydrogen-bond donors (Lipinski definition) is 0. The van der Waals surface area contributed by atoms with Crippen molar-refractivity contribution in [2.24, 2.45) is 0 Å². The van der Waals surface area contributed by atoms with Crippen LogP contribution in [0.5, 0.6) is 0 Å². The second kappa shape index (κ2) is 9.36. The van der Waals surface area contributed by atoms with Crippen LogP contribution < -0.4 is 0 Å².